The Bertz CT molecular complexity index is 1110. The summed E-state index contributed by atoms with van der Waals surface area (Å²) in [6.45, 7) is -2.31. The number of nitrogens with zero attached hydrogens (tertiary/aromatic N) is 3. The van der Waals surface area contributed by atoms with Gasteiger partial charge in [0.1, 0.15) is 11.9 Å². The van der Waals surface area contributed by atoms with Crippen LogP contribution in [0.5, 0.6) is 0 Å². The molecule has 162 valence electrons. The average Bonchev–Trinajstić information content (AvgIpc) is 3.41. The monoisotopic (exact) mass is 428 g/mol. The number of ether oxygens (including phenoxy) is 1. The van der Waals surface area contributed by atoms with Crippen molar-refractivity contribution >= 4 is 28.5 Å². The van der Waals surface area contributed by atoms with Gasteiger partial charge in [-0.2, -0.15) is 8.78 Å². The van der Waals surface area contributed by atoms with E-state index in [0.717, 1.165) is 11.0 Å². The first kappa shape index (κ1) is 20.9. The molecule has 7 nitrogen and oxygen atoms in total. The second-order valence-corrected chi connectivity index (χ2v) is 7.40. The molecule has 9 heteroatoms. The summed E-state index contributed by atoms with van der Waals surface area (Å²) in [6, 6.07) is 13.1. The Balaban J connectivity index is 1.50. The van der Waals surface area contributed by atoms with E-state index in [-0.39, 0.29) is 24.2 Å². The first-order valence-corrected chi connectivity index (χ1v) is 9.96. The van der Waals surface area contributed by atoms with Gasteiger partial charge in [-0.3, -0.25) is 14.2 Å². The van der Waals surface area contributed by atoms with Crippen LogP contribution in [0, 0.1) is 0 Å². The Morgan fingerprint density at radius 3 is 2.81 bits per heavy atom. The lowest BCUT2D eigenvalue weighted by Crippen LogP contribution is -2.29. The maximum atomic E-state index is 13.6. The van der Waals surface area contributed by atoms with Gasteiger partial charge in [0.05, 0.1) is 17.6 Å². The first-order valence-electron chi connectivity index (χ1n) is 9.96. The molecule has 2 aromatic carbocycles. The lowest BCUT2D eigenvalue weighted by atomic mass is 10.1. The minimum atomic E-state index is -2.78. The summed E-state index contributed by atoms with van der Waals surface area (Å²) < 4.78 is 33.5. The van der Waals surface area contributed by atoms with Crippen LogP contribution >= 0.6 is 0 Å². The molecule has 2 heterocycles. The summed E-state index contributed by atoms with van der Waals surface area (Å²) in [4.78, 5) is 30.7. The number of benzene rings is 2. The third-order valence-electron chi connectivity index (χ3n) is 5.19. The van der Waals surface area contributed by atoms with Gasteiger partial charge in [0.2, 0.25) is 0 Å². The fourth-order valence-corrected chi connectivity index (χ4v) is 3.67. The van der Waals surface area contributed by atoms with E-state index in [4.69, 9.17) is 4.74 Å². The number of nitrogens with one attached hydrogen (secondary N) is 1. The van der Waals surface area contributed by atoms with Crippen molar-refractivity contribution in [2.45, 2.75) is 32.0 Å². The number of hydrogen-bond acceptors (Lipinski definition) is 4. The summed E-state index contributed by atoms with van der Waals surface area (Å²) in [7, 11) is 1.52. The third-order valence-corrected chi connectivity index (χ3v) is 5.19. The minimum Gasteiger partial charge on any atom is -0.368 e. The number of carbonyl (C=O) groups is 2. The van der Waals surface area contributed by atoms with E-state index in [9.17, 15) is 18.4 Å². The second kappa shape index (κ2) is 8.81. The molecule has 1 aliphatic heterocycles. The third kappa shape index (κ3) is 4.41. The van der Waals surface area contributed by atoms with Crippen molar-refractivity contribution in [3.8, 4) is 0 Å². The number of rotatable bonds is 6. The predicted octanol–water partition coefficient (Wildman–Crippen LogP) is 3.82. The van der Waals surface area contributed by atoms with Gasteiger partial charge in [-0.1, -0.05) is 18.2 Å². The van der Waals surface area contributed by atoms with Crippen molar-refractivity contribution in [3.63, 3.8) is 0 Å². The number of fused-ring (bicyclic) bond motifs is 1. The van der Waals surface area contributed by atoms with Crippen LogP contribution in [0.2, 0.25) is 0 Å². The van der Waals surface area contributed by atoms with Crippen molar-refractivity contribution in [3.05, 3.63) is 59.9 Å². The summed E-state index contributed by atoms with van der Waals surface area (Å²) in [5.41, 5.74) is 1.55. The Morgan fingerprint density at radius 2 is 2.06 bits per heavy atom. The van der Waals surface area contributed by atoms with E-state index in [1.165, 1.54) is 11.9 Å². The van der Waals surface area contributed by atoms with Crippen molar-refractivity contribution < 1.29 is 23.1 Å². The van der Waals surface area contributed by atoms with E-state index in [0.29, 0.717) is 35.3 Å². The molecule has 0 bridgehead atoms. The smallest absolute Gasteiger partial charge is 0.320 e. The summed E-state index contributed by atoms with van der Waals surface area (Å²) in [5, 5.41) is 2.76. The molecule has 1 fully saturated rings. The van der Waals surface area contributed by atoms with Crippen LogP contribution in [-0.2, 0) is 16.1 Å². The molecule has 3 aromatic rings. The van der Waals surface area contributed by atoms with E-state index in [1.807, 2.05) is 0 Å². The molecule has 0 aliphatic carbocycles. The number of anilines is 1. The molecule has 0 saturated carbocycles. The molecule has 2 amide bonds. The fourth-order valence-electron chi connectivity index (χ4n) is 3.67. The molecule has 1 aromatic heterocycles. The highest BCUT2D eigenvalue weighted by molar-refractivity contribution is 5.98. The normalized spacial score (nSPS) is 16.1. The van der Waals surface area contributed by atoms with Crippen LogP contribution in [0.25, 0.3) is 11.0 Å². The molecule has 1 aliphatic rings. The highest BCUT2D eigenvalue weighted by atomic mass is 19.3. The average molecular weight is 428 g/mol. The van der Waals surface area contributed by atoms with Crippen molar-refractivity contribution in [2.75, 3.05) is 19.0 Å². The van der Waals surface area contributed by atoms with E-state index in [2.05, 4.69) is 10.3 Å². The number of amides is 2. The maximum Gasteiger partial charge on any atom is 0.320 e. The molecule has 1 atom stereocenters. The van der Waals surface area contributed by atoms with Gasteiger partial charge >= 0.3 is 6.55 Å². The summed E-state index contributed by atoms with van der Waals surface area (Å²) >= 11 is 0. The number of hydrogen-bond donors (Lipinski definition) is 1. The van der Waals surface area contributed by atoms with Crippen molar-refractivity contribution in [1.82, 2.24) is 14.5 Å². The summed E-state index contributed by atoms with van der Waals surface area (Å²) in [6.07, 6.45) is 1.02. The number of halogens is 2. The highest BCUT2D eigenvalue weighted by Gasteiger charge is 2.24. The molecule has 31 heavy (non-hydrogen) atoms. The molecular weight excluding hydrogens is 406 g/mol. The minimum absolute atomic E-state index is 0.0925. The summed E-state index contributed by atoms with van der Waals surface area (Å²) in [5.74, 6) is -0.530. The zero-order valence-corrected chi connectivity index (χ0v) is 16.9. The Labute approximate surface area is 177 Å². The Morgan fingerprint density at radius 1 is 1.26 bits per heavy atom. The van der Waals surface area contributed by atoms with Gasteiger partial charge < -0.3 is 15.0 Å². The lowest BCUT2D eigenvalue weighted by molar-refractivity contribution is -0.124. The molecule has 0 unspecified atom stereocenters. The van der Waals surface area contributed by atoms with Gasteiger partial charge in [-0.15, -0.1) is 0 Å². The predicted molar refractivity (Wildman–Crippen MR) is 111 cm³/mol. The van der Waals surface area contributed by atoms with Crippen LogP contribution in [0.15, 0.2) is 48.5 Å². The molecule has 4 rings (SSSR count). The fraction of sp³-hybridized carbons (Fsp3) is 0.318. The van der Waals surface area contributed by atoms with Crippen LogP contribution in [0.4, 0.5) is 14.5 Å². The van der Waals surface area contributed by atoms with Crippen molar-refractivity contribution in [1.29, 1.82) is 0 Å². The lowest BCUT2D eigenvalue weighted by Gasteiger charge is -2.18. The second-order valence-electron chi connectivity index (χ2n) is 7.40. The van der Waals surface area contributed by atoms with Crippen LogP contribution in [0.3, 0.4) is 0 Å². The number of alkyl halides is 2. The highest BCUT2D eigenvalue weighted by Crippen LogP contribution is 2.24. The van der Waals surface area contributed by atoms with Gasteiger partial charge in [0.25, 0.3) is 11.8 Å². The van der Waals surface area contributed by atoms with Gasteiger partial charge in [-0.25, -0.2) is 4.98 Å². The molecular formula is C22H22F2N4O3. The van der Waals surface area contributed by atoms with Crippen molar-refractivity contribution in [2.24, 2.45) is 0 Å². The first-order chi connectivity index (χ1) is 14.9. The zero-order chi connectivity index (χ0) is 22.0. The Kier molecular flexibility index (Phi) is 5.94. The largest absolute Gasteiger partial charge is 0.368 e. The molecule has 1 saturated heterocycles. The van der Waals surface area contributed by atoms with E-state index < -0.39 is 12.7 Å². The van der Waals surface area contributed by atoms with E-state index in [1.54, 1.807) is 48.5 Å². The topological polar surface area (TPSA) is 76.5 Å². The van der Waals surface area contributed by atoms with Crippen LogP contribution < -0.4 is 5.32 Å². The van der Waals surface area contributed by atoms with Gasteiger partial charge in [0, 0.05) is 24.9 Å². The SMILES string of the molecule is CN(Cc1nc2ccccc2n1C(F)F)C(=O)c1cccc(NC(=O)[C@H]2CCCO2)c1. The standard InChI is InChI=1S/C22H22F2N4O3/c1-27(13-19-26-16-8-2-3-9-17(16)28(19)22(23)24)21(30)14-6-4-7-15(12-14)25-20(29)18-10-5-11-31-18/h2-4,6-9,12,18,22H,5,10-11,13H2,1H3,(H,25,29)/t18-/m1/s1. The molecule has 1 N–H and O–H groups in total. The molecule has 0 spiro atoms. The van der Waals surface area contributed by atoms with Gasteiger partial charge in [0.15, 0.2) is 0 Å². The quantitative estimate of drug-likeness (QED) is 0.648. The van der Waals surface area contributed by atoms with Gasteiger partial charge in [-0.05, 0) is 43.2 Å². The van der Waals surface area contributed by atoms with Crippen LogP contribution in [0.1, 0.15) is 35.6 Å². The number of carbonyl (C=O) groups excluding carboxylic acids is 2. The zero-order valence-electron chi connectivity index (χ0n) is 16.9. The molecule has 0 radical (unpaired) electrons. The number of aromatic nitrogens is 2. The van der Waals surface area contributed by atoms with Crippen LogP contribution in [-0.4, -0.2) is 46.0 Å². The number of imidazole rings is 1. The maximum absolute atomic E-state index is 13.6. The Hall–Kier alpha value is -3.33. The van der Waals surface area contributed by atoms with E-state index >= 15 is 0 Å². The number of para-hydroxylation sites is 2.